The fraction of sp³-hybridized carbons (Fsp3) is 0.227. The highest BCUT2D eigenvalue weighted by Crippen LogP contribution is 2.34. The van der Waals surface area contributed by atoms with E-state index >= 15 is 0 Å². The Morgan fingerprint density at radius 1 is 1.16 bits per heavy atom. The monoisotopic (exact) mass is 474 g/mol. The summed E-state index contributed by atoms with van der Waals surface area (Å²) in [7, 11) is 1.69. The van der Waals surface area contributed by atoms with Crippen LogP contribution in [0.2, 0.25) is 10.0 Å². The van der Waals surface area contributed by atoms with E-state index in [9.17, 15) is 14.7 Å². The molecule has 4 rings (SSSR count). The predicted octanol–water partition coefficient (Wildman–Crippen LogP) is 3.82. The summed E-state index contributed by atoms with van der Waals surface area (Å²) in [5.74, 6) is 1.30. The van der Waals surface area contributed by atoms with Crippen molar-refractivity contribution in [2.24, 2.45) is 13.0 Å². The van der Waals surface area contributed by atoms with Gasteiger partial charge in [0.25, 0.3) is 5.56 Å². The quantitative estimate of drug-likeness (QED) is 0.442. The number of halogens is 2. The molecule has 1 atom stereocenters. The van der Waals surface area contributed by atoms with Crippen LogP contribution in [0.5, 0.6) is 11.5 Å². The number of benzene rings is 2. The first-order chi connectivity index (χ1) is 15.3. The number of nitrogens with zero attached hydrogens (tertiary/aromatic N) is 3. The van der Waals surface area contributed by atoms with Gasteiger partial charge in [-0.15, -0.1) is 0 Å². The highest BCUT2D eigenvalue weighted by Gasteiger charge is 2.19. The highest BCUT2D eigenvalue weighted by molar-refractivity contribution is 6.32. The summed E-state index contributed by atoms with van der Waals surface area (Å²) < 4.78 is 8.78. The van der Waals surface area contributed by atoms with Crippen LogP contribution in [0.3, 0.4) is 0 Å². The number of imidazole rings is 1. The van der Waals surface area contributed by atoms with Gasteiger partial charge in [0.2, 0.25) is 0 Å². The molecule has 8 nitrogen and oxygen atoms in total. The predicted molar refractivity (Wildman–Crippen MR) is 124 cm³/mol. The fourth-order valence-electron chi connectivity index (χ4n) is 3.40. The molecule has 0 fully saturated rings. The molecule has 0 saturated heterocycles. The van der Waals surface area contributed by atoms with Crippen LogP contribution in [0.25, 0.3) is 22.6 Å². The number of aliphatic hydroxyl groups excluding tert-OH is 1. The standard InChI is InChI=1S/C22H20Cl2N4O4/c1-12(11-29)10-28-20-18(21(30)26-22(28)31)27(2)19(25-20)13-3-8-17(16(24)9-13)32-15-6-4-14(23)5-7-15/h3-9,12,29H,10-11H2,1-2H3,(H,26,30,31). The Bertz CT molecular complexity index is 1410. The summed E-state index contributed by atoms with van der Waals surface area (Å²) in [5, 5.41) is 10.3. The topological polar surface area (TPSA) is 102 Å². The minimum Gasteiger partial charge on any atom is -0.456 e. The summed E-state index contributed by atoms with van der Waals surface area (Å²) in [6.07, 6.45) is 0. The van der Waals surface area contributed by atoms with Gasteiger partial charge in [-0.05, 0) is 48.4 Å². The second kappa shape index (κ2) is 8.82. The first-order valence-electron chi connectivity index (χ1n) is 9.82. The van der Waals surface area contributed by atoms with E-state index in [1.807, 2.05) is 0 Å². The van der Waals surface area contributed by atoms with Crippen LogP contribution >= 0.6 is 23.2 Å². The van der Waals surface area contributed by atoms with E-state index in [1.165, 1.54) is 4.57 Å². The highest BCUT2D eigenvalue weighted by atomic mass is 35.5. The van der Waals surface area contributed by atoms with E-state index in [0.717, 1.165) is 0 Å². The Balaban J connectivity index is 1.77. The number of aryl methyl sites for hydroxylation is 1. The number of aliphatic hydroxyl groups is 1. The smallest absolute Gasteiger partial charge is 0.330 e. The third kappa shape index (κ3) is 4.17. The molecule has 2 heterocycles. The van der Waals surface area contributed by atoms with E-state index in [0.29, 0.717) is 32.9 Å². The molecule has 0 saturated carbocycles. The Hall–Kier alpha value is -3.07. The van der Waals surface area contributed by atoms with Gasteiger partial charge >= 0.3 is 5.69 Å². The molecule has 0 aliphatic heterocycles. The molecule has 1 unspecified atom stereocenters. The molecule has 0 bridgehead atoms. The number of fused-ring (bicyclic) bond motifs is 1. The maximum absolute atomic E-state index is 12.5. The van der Waals surface area contributed by atoms with Gasteiger partial charge in [0.05, 0.1) is 5.02 Å². The van der Waals surface area contributed by atoms with Gasteiger partial charge in [-0.1, -0.05) is 30.1 Å². The average molecular weight is 475 g/mol. The first kappa shape index (κ1) is 22.1. The van der Waals surface area contributed by atoms with Gasteiger partial charge in [0.1, 0.15) is 17.3 Å². The summed E-state index contributed by atoms with van der Waals surface area (Å²) >= 11 is 12.3. The van der Waals surface area contributed by atoms with E-state index in [4.69, 9.17) is 27.9 Å². The van der Waals surface area contributed by atoms with Gasteiger partial charge in [-0.3, -0.25) is 14.3 Å². The van der Waals surface area contributed by atoms with Gasteiger partial charge in [0, 0.05) is 30.8 Å². The molecule has 0 amide bonds. The number of ether oxygens (including phenoxy) is 1. The number of aromatic nitrogens is 4. The van der Waals surface area contributed by atoms with Crippen molar-refractivity contribution in [3.05, 3.63) is 73.3 Å². The van der Waals surface area contributed by atoms with Crippen molar-refractivity contribution in [2.45, 2.75) is 13.5 Å². The number of nitrogens with one attached hydrogen (secondary N) is 1. The van der Waals surface area contributed by atoms with Crippen molar-refractivity contribution in [2.75, 3.05) is 6.61 Å². The molecular formula is C22H20Cl2N4O4. The zero-order valence-corrected chi connectivity index (χ0v) is 18.8. The third-order valence-corrected chi connectivity index (χ3v) is 5.60. The summed E-state index contributed by atoms with van der Waals surface area (Å²) in [6, 6.07) is 12.1. The maximum Gasteiger partial charge on any atom is 0.330 e. The molecule has 0 spiro atoms. The molecule has 10 heteroatoms. The minimum absolute atomic E-state index is 0.0998. The van der Waals surface area contributed by atoms with E-state index in [-0.39, 0.29) is 30.2 Å². The SMILES string of the molecule is CC(CO)Cn1c(=O)[nH]c(=O)c2c1nc(-c1ccc(Oc3ccc(Cl)cc3)c(Cl)c1)n2C. The van der Waals surface area contributed by atoms with Crippen LogP contribution < -0.4 is 16.0 Å². The number of hydrogen-bond acceptors (Lipinski definition) is 5. The molecule has 0 aliphatic rings. The van der Waals surface area contributed by atoms with Gasteiger partial charge in [-0.2, -0.15) is 0 Å². The lowest BCUT2D eigenvalue weighted by molar-refractivity contribution is 0.222. The average Bonchev–Trinajstić information content (AvgIpc) is 3.11. The van der Waals surface area contributed by atoms with Crippen molar-refractivity contribution >= 4 is 34.4 Å². The molecule has 2 N–H and O–H groups in total. The van der Waals surface area contributed by atoms with Gasteiger partial charge in [-0.25, -0.2) is 9.78 Å². The minimum atomic E-state index is -0.572. The van der Waals surface area contributed by atoms with E-state index < -0.39 is 11.2 Å². The largest absolute Gasteiger partial charge is 0.456 e. The van der Waals surface area contributed by atoms with Crippen LogP contribution in [0.4, 0.5) is 0 Å². The Labute approximate surface area is 192 Å². The van der Waals surface area contributed by atoms with Crippen molar-refractivity contribution < 1.29 is 9.84 Å². The van der Waals surface area contributed by atoms with Crippen molar-refractivity contribution in [1.82, 2.24) is 19.1 Å². The van der Waals surface area contributed by atoms with Crippen LogP contribution in [-0.2, 0) is 13.6 Å². The Kier molecular flexibility index (Phi) is 6.10. The number of hydrogen-bond donors (Lipinski definition) is 2. The maximum atomic E-state index is 12.5. The molecule has 32 heavy (non-hydrogen) atoms. The lowest BCUT2D eigenvalue weighted by Gasteiger charge is -2.10. The van der Waals surface area contributed by atoms with Crippen LogP contribution in [0.15, 0.2) is 52.1 Å². The molecule has 2 aromatic carbocycles. The molecule has 2 aromatic heterocycles. The third-order valence-electron chi connectivity index (χ3n) is 5.05. The summed E-state index contributed by atoms with van der Waals surface area (Å²) in [4.78, 5) is 31.8. The number of H-pyrrole nitrogens is 1. The van der Waals surface area contributed by atoms with Gasteiger partial charge < -0.3 is 14.4 Å². The van der Waals surface area contributed by atoms with Crippen molar-refractivity contribution in [3.8, 4) is 22.9 Å². The Morgan fingerprint density at radius 2 is 1.88 bits per heavy atom. The molecular weight excluding hydrogens is 455 g/mol. The van der Waals surface area contributed by atoms with Crippen molar-refractivity contribution in [3.63, 3.8) is 0 Å². The molecule has 0 radical (unpaired) electrons. The lowest BCUT2D eigenvalue weighted by atomic mass is 10.2. The van der Waals surface area contributed by atoms with Crippen LogP contribution in [-0.4, -0.2) is 30.8 Å². The summed E-state index contributed by atoms with van der Waals surface area (Å²) in [6.45, 7) is 1.91. The Morgan fingerprint density at radius 3 is 2.53 bits per heavy atom. The molecule has 4 aromatic rings. The van der Waals surface area contributed by atoms with Crippen LogP contribution in [0, 0.1) is 5.92 Å². The first-order valence-corrected chi connectivity index (χ1v) is 10.6. The van der Waals surface area contributed by atoms with E-state index in [1.54, 1.807) is 61.0 Å². The molecule has 166 valence electrons. The zero-order chi connectivity index (χ0) is 23.0. The second-order valence-corrected chi connectivity index (χ2v) is 8.37. The van der Waals surface area contributed by atoms with Gasteiger partial charge in [0.15, 0.2) is 11.2 Å². The number of aromatic amines is 1. The van der Waals surface area contributed by atoms with E-state index in [2.05, 4.69) is 9.97 Å². The summed E-state index contributed by atoms with van der Waals surface area (Å²) in [5.41, 5.74) is 0.0346. The second-order valence-electron chi connectivity index (χ2n) is 7.53. The molecule has 0 aliphatic carbocycles. The lowest BCUT2D eigenvalue weighted by Crippen LogP contribution is -2.33. The zero-order valence-electron chi connectivity index (χ0n) is 17.3. The fourth-order valence-corrected chi connectivity index (χ4v) is 3.74. The van der Waals surface area contributed by atoms with Crippen LogP contribution in [0.1, 0.15) is 6.92 Å². The van der Waals surface area contributed by atoms with Crippen molar-refractivity contribution in [1.29, 1.82) is 0 Å². The number of rotatable bonds is 6. The normalized spacial score (nSPS) is 12.3.